The van der Waals surface area contributed by atoms with Crippen LogP contribution in [-0.2, 0) is 19.4 Å². The molecule has 112 valence electrons. The van der Waals surface area contributed by atoms with E-state index in [9.17, 15) is 0 Å². The van der Waals surface area contributed by atoms with Gasteiger partial charge in [-0.2, -0.15) is 5.10 Å². The van der Waals surface area contributed by atoms with Crippen molar-refractivity contribution < 1.29 is 0 Å². The van der Waals surface area contributed by atoms with Gasteiger partial charge in [-0.1, -0.05) is 13.3 Å². The van der Waals surface area contributed by atoms with E-state index in [1.165, 1.54) is 43.5 Å². The largest absolute Gasteiger partial charge is 0.327 e. The molecule has 20 heavy (non-hydrogen) atoms. The highest BCUT2D eigenvalue weighted by Gasteiger charge is 2.39. The number of hydrogen-bond donors (Lipinski definition) is 1. The summed E-state index contributed by atoms with van der Waals surface area (Å²) in [6.45, 7) is 5.29. The lowest BCUT2D eigenvalue weighted by molar-refractivity contribution is 0.293. The summed E-state index contributed by atoms with van der Waals surface area (Å²) >= 11 is 0. The third kappa shape index (κ3) is 2.78. The Kier molecular flexibility index (Phi) is 4.16. The molecule has 2 saturated carbocycles. The van der Waals surface area contributed by atoms with E-state index in [0.29, 0.717) is 6.04 Å². The lowest BCUT2D eigenvalue weighted by Gasteiger charge is -2.24. The van der Waals surface area contributed by atoms with E-state index in [2.05, 4.69) is 29.7 Å². The molecule has 2 N–H and O–H groups in total. The molecule has 2 aliphatic carbocycles. The zero-order chi connectivity index (χ0) is 14.1. The summed E-state index contributed by atoms with van der Waals surface area (Å²) in [6, 6.07) is 2.57. The van der Waals surface area contributed by atoms with E-state index in [0.717, 1.165) is 37.1 Å². The first-order chi connectivity index (χ1) is 9.69. The molecule has 0 saturated heterocycles. The fraction of sp³-hybridized carbons (Fsp3) is 0.824. The summed E-state index contributed by atoms with van der Waals surface area (Å²) in [4.78, 5) is 0. The normalized spacial score (nSPS) is 30.1. The zero-order valence-corrected chi connectivity index (χ0v) is 13.0. The van der Waals surface area contributed by atoms with Crippen molar-refractivity contribution in [3.8, 4) is 0 Å². The van der Waals surface area contributed by atoms with Crippen LogP contribution in [0.1, 0.15) is 57.3 Å². The Labute approximate surface area is 122 Å². The van der Waals surface area contributed by atoms with Crippen LogP contribution in [0.2, 0.25) is 0 Å². The second-order valence-electron chi connectivity index (χ2n) is 6.93. The van der Waals surface area contributed by atoms with Crippen molar-refractivity contribution in [2.75, 3.05) is 0 Å². The maximum Gasteiger partial charge on any atom is 0.0624 e. The molecule has 1 aromatic heterocycles. The van der Waals surface area contributed by atoms with Crippen LogP contribution in [0, 0.1) is 17.8 Å². The summed E-state index contributed by atoms with van der Waals surface area (Å²) in [5, 5.41) is 4.63. The fourth-order valence-electron chi connectivity index (χ4n) is 4.53. The van der Waals surface area contributed by atoms with Crippen molar-refractivity contribution in [2.45, 2.75) is 71.4 Å². The predicted molar refractivity (Wildman–Crippen MR) is 82.5 cm³/mol. The van der Waals surface area contributed by atoms with Crippen LogP contribution < -0.4 is 5.73 Å². The van der Waals surface area contributed by atoms with Gasteiger partial charge in [0.2, 0.25) is 0 Å². The van der Waals surface area contributed by atoms with Crippen LogP contribution >= 0.6 is 0 Å². The number of hydrogen-bond acceptors (Lipinski definition) is 2. The second kappa shape index (κ2) is 5.88. The van der Waals surface area contributed by atoms with Crippen molar-refractivity contribution in [1.82, 2.24) is 9.78 Å². The van der Waals surface area contributed by atoms with E-state index in [4.69, 9.17) is 5.73 Å². The van der Waals surface area contributed by atoms with Crippen LogP contribution in [-0.4, -0.2) is 15.8 Å². The molecule has 0 amide bonds. The molecule has 1 heterocycles. The molecule has 0 aliphatic heterocycles. The van der Waals surface area contributed by atoms with Gasteiger partial charge in [-0.25, -0.2) is 0 Å². The Bertz CT molecular complexity index is 451. The first-order valence-corrected chi connectivity index (χ1v) is 8.50. The van der Waals surface area contributed by atoms with Crippen molar-refractivity contribution in [2.24, 2.45) is 23.5 Å². The molecule has 3 nitrogen and oxygen atoms in total. The summed E-state index contributed by atoms with van der Waals surface area (Å²) in [5.41, 5.74) is 8.99. The second-order valence-corrected chi connectivity index (χ2v) is 6.93. The van der Waals surface area contributed by atoms with Gasteiger partial charge in [-0.05, 0) is 62.8 Å². The van der Waals surface area contributed by atoms with Gasteiger partial charge < -0.3 is 5.73 Å². The van der Waals surface area contributed by atoms with Gasteiger partial charge in [-0.3, -0.25) is 4.68 Å². The molecule has 0 radical (unpaired) electrons. The summed E-state index contributed by atoms with van der Waals surface area (Å²) < 4.78 is 2.14. The average molecular weight is 275 g/mol. The van der Waals surface area contributed by atoms with E-state index in [1.54, 1.807) is 0 Å². The quantitative estimate of drug-likeness (QED) is 0.866. The molecule has 1 aromatic rings. The van der Waals surface area contributed by atoms with Gasteiger partial charge in [0.1, 0.15) is 0 Å². The van der Waals surface area contributed by atoms with Crippen molar-refractivity contribution in [3.05, 3.63) is 17.5 Å². The third-order valence-corrected chi connectivity index (χ3v) is 5.54. The van der Waals surface area contributed by atoms with Gasteiger partial charge in [0.25, 0.3) is 0 Å². The molecular formula is C17H29N3. The summed E-state index contributed by atoms with van der Waals surface area (Å²) in [6.07, 6.45) is 9.12. The number of fused-ring (bicyclic) bond motifs is 2. The van der Waals surface area contributed by atoms with Crippen LogP contribution in [0.4, 0.5) is 0 Å². The van der Waals surface area contributed by atoms with Gasteiger partial charge in [0.05, 0.1) is 5.69 Å². The van der Waals surface area contributed by atoms with Crippen LogP contribution in [0.25, 0.3) is 0 Å². The lowest BCUT2D eigenvalue weighted by atomic mass is 9.83. The van der Waals surface area contributed by atoms with Gasteiger partial charge in [-0.15, -0.1) is 0 Å². The van der Waals surface area contributed by atoms with Crippen molar-refractivity contribution in [1.29, 1.82) is 0 Å². The molecule has 2 aliphatic rings. The highest BCUT2D eigenvalue weighted by atomic mass is 15.3. The van der Waals surface area contributed by atoms with Crippen molar-refractivity contribution in [3.63, 3.8) is 0 Å². The molecule has 0 spiro atoms. The fourth-order valence-corrected chi connectivity index (χ4v) is 4.53. The van der Waals surface area contributed by atoms with E-state index < -0.39 is 0 Å². The van der Waals surface area contributed by atoms with Gasteiger partial charge in [0, 0.05) is 24.7 Å². The smallest absolute Gasteiger partial charge is 0.0624 e. The molecule has 0 aromatic carbocycles. The predicted octanol–water partition coefficient (Wildman–Crippen LogP) is 3.16. The molecule has 3 heteroatoms. The molecule has 2 fully saturated rings. The Balaban J connectivity index is 1.58. The van der Waals surface area contributed by atoms with E-state index in [-0.39, 0.29) is 0 Å². The van der Waals surface area contributed by atoms with Crippen LogP contribution in [0.5, 0.6) is 0 Å². The highest BCUT2D eigenvalue weighted by molar-refractivity contribution is 5.12. The minimum absolute atomic E-state index is 0.311. The summed E-state index contributed by atoms with van der Waals surface area (Å²) in [5.74, 6) is 2.94. The first-order valence-electron chi connectivity index (χ1n) is 8.50. The number of aromatic nitrogens is 2. The Morgan fingerprint density at radius 3 is 2.80 bits per heavy atom. The first kappa shape index (κ1) is 14.1. The number of rotatable bonds is 6. The Morgan fingerprint density at radius 1 is 1.35 bits per heavy atom. The minimum Gasteiger partial charge on any atom is -0.327 e. The zero-order valence-electron chi connectivity index (χ0n) is 13.0. The summed E-state index contributed by atoms with van der Waals surface area (Å²) in [7, 11) is 0. The van der Waals surface area contributed by atoms with E-state index in [1.807, 2.05) is 0 Å². The van der Waals surface area contributed by atoms with Gasteiger partial charge in [0.15, 0.2) is 0 Å². The standard InChI is InChI=1S/C17H29N3/c1-3-16-11-17(20(4-2)19-16)10-15(18)9-14-8-12-5-6-13(14)7-12/h11-15H,3-10,18H2,1-2H3. The monoisotopic (exact) mass is 275 g/mol. The van der Waals surface area contributed by atoms with E-state index >= 15 is 0 Å². The highest BCUT2D eigenvalue weighted by Crippen LogP contribution is 2.49. The third-order valence-electron chi connectivity index (χ3n) is 5.54. The lowest BCUT2D eigenvalue weighted by Crippen LogP contribution is -2.29. The number of aryl methyl sites for hydroxylation is 2. The van der Waals surface area contributed by atoms with Crippen LogP contribution in [0.3, 0.4) is 0 Å². The number of nitrogens with zero attached hydrogens (tertiary/aromatic N) is 2. The Morgan fingerprint density at radius 2 is 2.20 bits per heavy atom. The SMILES string of the molecule is CCc1cc(CC(N)CC2CC3CCC2C3)n(CC)n1. The van der Waals surface area contributed by atoms with Crippen molar-refractivity contribution >= 4 is 0 Å². The van der Waals surface area contributed by atoms with Crippen LogP contribution in [0.15, 0.2) is 6.07 Å². The molecule has 2 bridgehead atoms. The Hall–Kier alpha value is -0.830. The molecule has 3 rings (SSSR count). The molecule has 4 unspecified atom stereocenters. The molecular weight excluding hydrogens is 246 g/mol. The topological polar surface area (TPSA) is 43.8 Å². The maximum absolute atomic E-state index is 6.45. The maximum atomic E-state index is 6.45. The number of nitrogens with two attached hydrogens (primary N) is 1. The average Bonchev–Trinajstić information content (AvgIpc) is 3.13. The molecule has 4 atom stereocenters. The van der Waals surface area contributed by atoms with Gasteiger partial charge >= 0.3 is 0 Å². The minimum atomic E-state index is 0.311.